The Labute approximate surface area is 181 Å². The first-order chi connectivity index (χ1) is 14.1. The number of nitrogens with one attached hydrogen (secondary N) is 2. The van der Waals surface area contributed by atoms with E-state index in [0.717, 1.165) is 5.56 Å². The number of amides is 2. The summed E-state index contributed by atoms with van der Waals surface area (Å²) in [5.74, 6) is -1.62. The van der Waals surface area contributed by atoms with Crippen molar-refractivity contribution in [1.82, 2.24) is 5.32 Å². The summed E-state index contributed by atoms with van der Waals surface area (Å²) < 4.78 is 41.2. The van der Waals surface area contributed by atoms with Crippen molar-refractivity contribution in [2.45, 2.75) is 31.6 Å². The van der Waals surface area contributed by atoms with Crippen LogP contribution in [0.3, 0.4) is 0 Å². The minimum absolute atomic E-state index is 0.000310. The van der Waals surface area contributed by atoms with Gasteiger partial charge in [-0.2, -0.15) is 13.2 Å². The second-order valence-corrected chi connectivity index (χ2v) is 7.68. The lowest BCUT2D eigenvalue weighted by Gasteiger charge is -2.32. The largest absolute Gasteiger partial charge is 0.409 e. The van der Waals surface area contributed by atoms with Gasteiger partial charge in [-0.25, -0.2) is 0 Å². The van der Waals surface area contributed by atoms with Gasteiger partial charge in [0.2, 0.25) is 11.8 Å². The van der Waals surface area contributed by atoms with Crippen molar-refractivity contribution in [1.29, 1.82) is 0 Å². The average Bonchev–Trinajstić information content (AvgIpc) is 2.83. The predicted octanol–water partition coefficient (Wildman–Crippen LogP) is 4.95. The Bertz CT molecular complexity index is 969. The lowest BCUT2D eigenvalue weighted by Crippen LogP contribution is -2.52. The van der Waals surface area contributed by atoms with E-state index in [9.17, 15) is 22.8 Å². The Morgan fingerprint density at radius 2 is 1.93 bits per heavy atom. The summed E-state index contributed by atoms with van der Waals surface area (Å²) >= 11 is 11.9. The predicted molar refractivity (Wildman–Crippen MR) is 110 cm³/mol. The standard InChI is InChI=1S/C20H18Cl2F3N3O2/c1-11(12-6-7-13(21)14(22)8-12)26-10-19(30)28-16-5-3-2-4-15(16)27-18(29)9-17(28)20(23,24)25/h2-8,11,17,26H,9-10H2,1H3,(H,27,29)/t11-,17+/m0/s1. The van der Waals surface area contributed by atoms with Crippen LogP contribution >= 0.6 is 23.2 Å². The van der Waals surface area contributed by atoms with Gasteiger partial charge in [0.1, 0.15) is 6.04 Å². The first-order valence-electron chi connectivity index (χ1n) is 9.04. The highest BCUT2D eigenvalue weighted by Crippen LogP contribution is 2.37. The Hall–Kier alpha value is -2.29. The molecule has 0 saturated carbocycles. The van der Waals surface area contributed by atoms with Gasteiger partial charge in [0, 0.05) is 6.04 Å². The fraction of sp³-hybridized carbons (Fsp3) is 0.300. The number of hydrogen-bond donors (Lipinski definition) is 2. The summed E-state index contributed by atoms with van der Waals surface area (Å²) in [6.45, 7) is 1.37. The van der Waals surface area contributed by atoms with Gasteiger partial charge < -0.3 is 10.6 Å². The zero-order valence-electron chi connectivity index (χ0n) is 15.8. The quantitative estimate of drug-likeness (QED) is 0.679. The zero-order valence-corrected chi connectivity index (χ0v) is 17.3. The molecule has 1 aliphatic rings. The summed E-state index contributed by atoms with van der Waals surface area (Å²) in [7, 11) is 0. The lowest BCUT2D eigenvalue weighted by atomic mass is 10.1. The molecule has 2 aromatic rings. The highest BCUT2D eigenvalue weighted by atomic mass is 35.5. The van der Waals surface area contributed by atoms with Crippen LogP contribution in [0.4, 0.5) is 24.5 Å². The Kier molecular flexibility index (Phi) is 6.59. The second-order valence-electron chi connectivity index (χ2n) is 6.87. The topological polar surface area (TPSA) is 61.4 Å². The van der Waals surface area contributed by atoms with E-state index in [1.54, 1.807) is 31.2 Å². The van der Waals surface area contributed by atoms with Crippen LogP contribution in [0.25, 0.3) is 0 Å². The van der Waals surface area contributed by atoms with E-state index >= 15 is 0 Å². The van der Waals surface area contributed by atoms with Crippen molar-refractivity contribution in [3.63, 3.8) is 0 Å². The van der Waals surface area contributed by atoms with Crippen LogP contribution < -0.4 is 15.5 Å². The second kappa shape index (κ2) is 8.83. The molecule has 2 amide bonds. The first kappa shape index (κ1) is 22.4. The van der Waals surface area contributed by atoms with Gasteiger partial charge in [-0.05, 0) is 36.8 Å². The van der Waals surface area contributed by atoms with Gasteiger partial charge in [0.05, 0.1) is 34.4 Å². The van der Waals surface area contributed by atoms with Gasteiger partial charge in [0.25, 0.3) is 0 Å². The smallest absolute Gasteiger partial charge is 0.324 e. The van der Waals surface area contributed by atoms with Crippen LogP contribution in [0.2, 0.25) is 10.0 Å². The fourth-order valence-electron chi connectivity index (χ4n) is 3.22. The van der Waals surface area contributed by atoms with E-state index in [1.807, 2.05) is 0 Å². The highest BCUT2D eigenvalue weighted by Gasteiger charge is 2.48. The van der Waals surface area contributed by atoms with Crippen molar-refractivity contribution in [3.05, 3.63) is 58.1 Å². The minimum Gasteiger partial charge on any atom is -0.324 e. The molecule has 5 nitrogen and oxygen atoms in total. The zero-order chi connectivity index (χ0) is 22.1. The molecule has 0 fully saturated rings. The molecule has 0 spiro atoms. The molecule has 10 heteroatoms. The van der Waals surface area contributed by atoms with Crippen molar-refractivity contribution in [3.8, 4) is 0 Å². The van der Waals surface area contributed by atoms with E-state index in [2.05, 4.69) is 10.6 Å². The summed E-state index contributed by atoms with van der Waals surface area (Å²) in [6, 6.07) is 8.19. The average molecular weight is 460 g/mol. The number of alkyl halides is 3. The molecule has 0 radical (unpaired) electrons. The van der Waals surface area contributed by atoms with Gasteiger partial charge in [-0.15, -0.1) is 0 Å². The number of carbonyl (C=O) groups is 2. The van der Waals surface area contributed by atoms with Crippen molar-refractivity contribution >= 4 is 46.4 Å². The number of rotatable bonds is 4. The Balaban J connectivity index is 1.85. The van der Waals surface area contributed by atoms with Crippen LogP contribution in [0.1, 0.15) is 24.9 Å². The maximum Gasteiger partial charge on any atom is 0.409 e. The maximum absolute atomic E-state index is 13.7. The molecule has 0 bridgehead atoms. The van der Waals surface area contributed by atoms with Crippen LogP contribution in [0, 0.1) is 0 Å². The molecule has 2 aromatic carbocycles. The van der Waals surface area contributed by atoms with Crippen LogP contribution in [-0.2, 0) is 9.59 Å². The molecular formula is C20H18Cl2F3N3O2. The summed E-state index contributed by atoms with van der Waals surface area (Å²) in [5, 5.41) is 6.04. The first-order valence-corrected chi connectivity index (χ1v) is 9.79. The molecule has 1 aliphatic heterocycles. The van der Waals surface area contributed by atoms with E-state index in [4.69, 9.17) is 23.2 Å². The van der Waals surface area contributed by atoms with Gasteiger partial charge in [-0.3, -0.25) is 14.5 Å². The summed E-state index contributed by atoms with van der Waals surface area (Å²) in [4.78, 5) is 25.5. The fourth-order valence-corrected chi connectivity index (χ4v) is 3.53. The molecular weight excluding hydrogens is 442 g/mol. The molecule has 0 saturated heterocycles. The van der Waals surface area contributed by atoms with Gasteiger partial charge in [-0.1, -0.05) is 41.4 Å². The molecule has 2 N–H and O–H groups in total. The molecule has 30 heavy (non-hydrogen) atoms. The SMILES string of the molecule is C[C@H](NCC(=O)N1c2ccccc2NC(=O)C[C@@H]1C(F)(F)F)c1ccc(Cl)c(Cl)c1. The molecule has 0 unspecified atom stereocenters. The minimum atomic E-state index is -4.78. The monoisotopic (exact) mass is 459 g/mol. The molecule has 1 heterocycles. The highest BCUT2D eigenvalue weighted by molar-refractivity contribution is 6.42. The normalized spacial score (nSPS) is 17.7. The van der Waals surface area contributed by atoms with Crippen molar-refractivity contribution < 1.29 is 22.8 Å². The molecule has 0 aromatic heterocycles. The van der Waals surface area contributed by atoms with E-state index in [1.165, 1.54) is 18.2 Å². The maximum atomic E-state index is 13.7. The van der Waals surface area contributed by atoms with Crippen LogP contribution in [0.5, 0.6) is 0 Å². The van der Waals surface area contributed by atoms with Crippen molar-refractivity contribution in [2.75, 3.05) is 16.8 Å². The third-order valence-corrected chi connectivity index (χ3v) is 5.52. The number of hydrogen-bond acceptors (Lipinski definition) is 3. The molecule has 2 atom stereocenters. The van der Waals surface area contributed by atoms with E-state index in [0.29, 0.717) is 14.9 Å². The van der Waals surface area contributed by atoms with E-state index < -0.39 is 30.5 Å². The number of fused-ring (bicyclic) bond motifs is 1. The van der Waals surface area contributed by atoms with Gasteiger partial charge >= 0.3 is 6.18 Å². The number of anilines is 2. The summed E-state index contributed by atoms with van der Waals surface area (Å²) in [6.07, 6.45) is -5.66. The lowest BCUT2D eigenvalue weighted by molar-refractivity contribution is -0.157. The van der Waals surface area contributed by atoms with Crippen LogP contribution in [-0.4, -0.2) is 30.6 Å². The molecule has 160 valence electrons. The summed E-state index contributed by atoms with van der Waals surface area (Å²) in [5.41, 5.74) is 0.873. The number of carbonyl (C=O) groups excluding carboxylic acids is 2. The third kappa shape index (κ3) is 4.88. The van der Waals surface area contributed by atoms with Crippen LogP contribution in [0.15, 0.2) is 42.5 Å². The number of para-hydroxylation sites is 2. The molecule has 0 aliphatic carbocycles. The number of benzene rings is 2. The Morgan fingerprint density at radius 3 is 2.60 bits per heavy atom. The Morgan fingerprint density at radius 1 is 1.23 bits per heavy atom. The number of halogens is 5. The van der Waals surface area contributed by atoms with E-state index in [-0.39, 0.29) is 24.0 Å². The van der Waals surface area contributed by atoms with Crippen molar-refractivity contribution in [2.24, 2.45) is 0 Å². The molecule has 3 rings (SSSR count). The third-order valence-electron chi connectivity index (χ3n) is 4.78. The number of nitrogens with zero attached hydrogens (tertiary/aromatic N) is 1. The van der Waals surface area contributed by atoms with Gasteiger partial charge in [0.15, 0.2) is 0 Å².